The number of hydrogen-bond donors (Lipinski definition) is 0. The predicted molar refractivity (Wildman–Crippen MR) is 81.5 cm³/mol. The molecule has 3 aromatic rings. The largest absolute Gasteiger partial charge is 0.312 e. The number of fused-ring (bicyclic) bond motifs is 1. The molecule has 0 aliphatic heterocycles. The highest BCUT2D eigenvalue weighted by molar-refractivity contribution is 7.09. The third-order valence-corrected chi connectivity index (χ3v) is 4.35. The van der Waals surface area contributed by atoms with Gasteiger partial charge >= 0.3 is 0 Å². The molecule has 0 aromatic carbocycles. The third kappa shape index (κ3) is 2.33. The molecule has 20 heavy (non-hydrogen) atoms. The topological polar surface area (TPSA) is 48.5 Å². The average molecular weight is 310 g/mol. The van der Waals surface area contributed by atoms with E-state index in [0.717, 1.165) is 47.1 Å². The average Bonchev–Trinajstić information content (AvgIpc) is 3.08. The molecule has 0 N–H and O–H groups in total. The van der Waals surface area contributed by atoms with Crippen molar-refractivity contribution in [2.45, 2.75) is 26.3 Å². The van der Waals surface area contributed by atoms with Crippen molar-refractivity contribution in [3.8, 4) is 0 Å². The highest BCUT2D eigenvalue weighted by Gasteiger charge is 2.17. The SMILES string of the molecule is Cc1nn(C)c2c1nc(CCCl)n2CCc1nccs1. The summed E-state index contributed by atoms with van der Waals surface area (Å²) in [5.74, 6) is 1.61. The van der Waals surface area contributed by atoms with Gasteiger partial charge in [-0.1, -0.05) is 0 Å². The molecule has 3 rings (SSSR count). The molecule has 0 atom stereocenters. The Morgan fingerprint density at radius 2 is 2.20 bits per heavy atom. The number of hydrogen-bond acceptors (Lipinski definition) is 4. The highest BCUT2D eigenvalue weighted by Crippen LogP contribution is 2.20. The lowest BCUT2D eigenvalue weighted by Crippen LogP contribution is -2.10. The Morgan fingerprint density at radius 3 is 2.90 bits per heavy atom. The molecule has 0 aliphatic carbocycles. The van der Waals surface area contributed by atoms with Crippen LogP contribution in [-0.2, 0) is 26.4 Å². The molecular weight excluding hydrogens is 294 g/mol. The summed E-state index contributed by atoms with van der Waals surface area (Å²) in [5, 5.41) is 7.59. The van der Waals surface area contributed by atoms with E-state index in [1.165, 1.54) is 0 Å². The fourth-order valence-corrected chi connectivity index (χ4v) is 3.25. The number of aromatic nitrogens is 5. The Kier molecular flexibility index (Phi) is 3.76. The number of thiazole rings is 1. The van der Waals surface area contributed by atoms with Gasteiger partial charge < -0.3 is 4.57 Å². The van der Waals surface area contributed by atoms with Gasteiger partial charge in [0.15, 0.2) is 5.65 Å². The van der Waals surface area contributed by atoms with Gasteiger partial charge in [-0.25, -0.2) is 9.97 Å². The summed E-state index contributed by atoms with van der Waals surface area (Å²) in [5.41, 5.74) is 3.01. The van der Waals surface area contributed by atoms with Gasteiger partial charge in [-0.2, -0.15) is 5.10 Å². The normalized spacial score (nSPS) is 11.6. The van der Waals surface area contributed by atoms with Crippen molar-refractivity contribution in [3.63, 3.8) is 0 Å². The molecular formula is C13H16ClN5S. The predicted octanol–water partition coefficient (Wildman–Crippen LogP) is 2.56. The van der Waals surface area contributed by atoms with E-state index in [1.54, 1.807) is 11.3 Å². The number of nitrogens with zero attached hydrogens (tertiary/aromatic N) is 5. The maximum Gasteiger partial charge on any atom is 0.158 e. The van der Waals surface area contributed by atoms with Crippen molar-refractivity contribution in [3.05, 3.63) is 28.1 Å². The maximum absolute atomic E-state index is 5.90. The third-order valence-electron chi connectivity index (χ3n) is 3.32. The monoisotopic (exact) mass is 309 g/mol. The van der Waals surface area contributed by atoms with E-state index in [9.17, 15) is 0 Å². The fraction of sp³-hybridized carbons (Fsp3) is 0.462. The zero-order valence-electron chi connectivity index (χ0n) is 11.5. The molecule has 0 aliphatic rings. The number of rotatable bonds is 5. The molecule has 3 heterocycles. The molecule has 106 valence electrons. The summed E-state index contributed by atoms with van der Waals surface area (Å²) in [6.45, 7) is 2.85. The van der Waals surface area contributed by atoms with Crippen molar-refractivity contribution in [2.24, 2.45) is 7.05 Å². The molecule has 7 heteroatoms. The summed E-state index contributed by atoms with van der Waals surface area (Å²) in [4.78, 5) is 9.04. The van der Waals surface area contributed by atoms with E-state index < -0.39 is 0 Å². The van der Waals surface area contributed by atoms with Gasteiger partial charge in [0.1, 0.15) is 11.3 Å². The van der Waals surface area contributed by atoms with Crippen LogP contribution in [0.25, 0.3) is 11.2 Å². The Morgan fingerprint density at radius 1 is 1.35 bits per heavy atom. The number of aryl methyl sites for hydroxylation is 5. The molecule has 0 unspecified atom stereocenters. The molecule has 0 amide bonds. The van der Waals surface area contributed by atoms with Gasteiger partial charge in [0.25, 0.3) is 0 Å². The van der Waals surface area contributed by atoms with Crippen molar-refractivity contribution in [1.82, 2.24) is 24.3 Å². The molecule has 0 saturated heterocycles. The lowest BCUT2D eigenvalue weighted by atomic mass is 10.4. The van der Waals surface area contributed by atoms with Crippen molar-refractivity contribution >= 4 is 34.1 Å². The zero-order chi connectivity index (χ0) is 14.1. The smallest absolute Gasteiger partial charge is 0.158 e. The first-order chi connectivity index (χ1) is 9.70. The molecule has 3 aromatic heterocycles. The summed E-state index contributed by atoms with van der Waals surface area (Å²) < 4.78 is 4.12. The molecule has 0 fully saturated rings. The minimum Gasteiger partial charge on any atom is -0.312 e. The van der Waals surface area contributed by atoms with Crippen LogP contribution in [0, 0.1) is 6.92 Å². The number of halogens is 1. The van der Waals surface area contributed by atoms with Crippen LogP contribution >= 0.6 is 22.9 Å². The summed E-state index contributed by atoms with van der Waals surface area (Å²) in [7, 11) is 1.96. The van der Waals surface area contributed by atoms with Crippen molar-refractivity contribution < 1.29 is 0 Å². The van der Waals surface area contributed by atoms with Crippen LogP contribution in [0.15, 0.2) is 11.6 Å². The van der Waals surface area contributed by atoms with Gasteiger partial charge in [-0.3, -0.25) is 4.68 Å². The lowest BCUT2D eigenvalue weighted by molar-refractivity contribution is 0.640. The van der Waals surface area contributed by atoms with E-state index in [-0.39, 0.29) is 0 Å². The second-order valence-corrected chi connectivity index (χ2v) is 6.03. The minimum absolute atomic E-state index is 0.576. The van der Waals surface area contributed by atoms with Crippen LogP contribution in [-0.4, -0.2) is 30.2 Å². The van der Waals surface area contributed by atoms with E-state index in [4.69, 9.17) is 16.6 Å². The van der Waals surface area contributed by atoms with Gasteiger partial charge in [0, 0.05) is 43.9 Å². The van der Waals surface area contributed by atoms with E-state index >= 15 is 0 Å². The van der Waals surface area contributed by atoms with Crippen molar-refractivity contribution in [2.75, 3.05) is 5.88 Å². The Bertz CT molecular complexity index is 713. The Balaban J connectivity index is 1.99. The van der Waals surface area contributed by atoms with Gasteiger partial charge in [0.2, 0.25) is 0 Å². The van der Waals surface area contributed by atoms with Gasteiger partial charge in [0.05, 0.1) is 10.7 Å². The molecule has 0 spiro atoms. The van der Waals surface area contributed by atoms with Crippen LogP contribution in [0.4, 0.5) is 0 Å². The van der Waals surface area contributed by atoms with E-state index in [1.807, 2.05) is 30.2 Å². The second-order valence-electron chi connectivity index (χ2n) is 4.68. The Hall–Kier alpha value is -1.40. The van der Waals surface area contributed by atoms with Gasteiger partial charge in [-0.05, 0) is 6.92 Å². The summed E-state index contributed by atoms with van der Waals surface area (Å²) >= 11 is 7.58. The van der Waals surface area contributed by atoms with Crippen LogP contribution in [0.1, 0.15) is 16.5 Å². The summed E-state index contributed by atoms with van der Waals surface area (Å²) in [6, 6.07) is 0. The summed E-state index contributed by atoms with van der Waals surface area (Å²) in [6.07, 6.45) is 3.52. The molecule has 0 saturated carbocycles. The van der Waals surface area contributed by atoms with Gasteiger partial charge in [-0.15, -0.1) is 22.9 Å². The van der Waals surface area contributed by atoms with Crippen LogP contribution in [0.5, 0.6) is 0 Å². The molecule has 0 bridgehead atoms. The molecule has 0 radical (unpaired) electrons. The quantitative estimate of drug-likeness (QED) is 0.681. The molecule has 5 nitrogen and oxygen atoms in total. The van der Waals surface area contributed by atoms with E-state index in [0.29, 0.717) is 5.88 Å². The standard InChI is InChI=1S/C13H16ClN5S/c1-9-12-13(18(2)17-9)19(10(16-12)3-5-14)7-4-11-15-6-8-20-11/h6,8H,3-5,7H2,1-2H3. The first kappa shape index (κ1) is 13.6. The first-order valence-electron chi connectivity index (χ1n) is 6.53. The number of imidazole rings is 1. The Labute approximate surface area is 126 Å². The second kappa shape index (κ2) is 5.54. The zero-order valence-corrected chi connectivity index (χ0v) is 13.1. The van der Waals surface area contributed by atoms with Crippen LogP contribution in [0.2, 0.25) is 0 Å². The van der Waals surface area contributed by atoms with E-state index in [2.05, 4.69) is 14.6 Å². The fourth-order valence-electron chi connectivity index (χ4n) is 2.47. The van der Waals surface area contributed by atoms with Crippen LogP contribution < -0.4 is 0 Å². The minimum atomic E-state index is 0.576. The number of alkyl halides is 1. The maximum atomic E-state index is 5.90. The first-order valence-corrected chi connectivity index (χ1v) is 7.95. The highest BCUT2D eigenvalue weighted by atomic mass is 35.5. The van der Waals surface area contributed by atoms with Crippen LogP contribution in [0.3, 0.4) is 0 Å². The van der Waals surface area contributed by atoms with Crippen molar-refractivity contribution in [1.29, 1.82) is 0 Å². The lowest BCUT2D eigenvalue weighted by Gasteiger charge is -2.07.